The fourth-order valence-corrected chi connectivity index (χ4v) is 6.74. The second kappa shape index (κ2) is 9.09. The molecular weight excluding hydrogens is 408 g/mol. The van der Waals surface area contributed by atoms with Crippen LogP contribution in [-0.2, 0) is 6.42 Å². The van der Waals surface area contributed by atoms with Crippen molar-refractivity contribution in [2.45, 2.75) is 70.0 Å². The molecule has 2 heterocycles. The number of H-pyrrole nitrogens is 1. The molecule has 164 valence electrons. The zero-order chi connectivity index (χ0) is 21.4. The Kier molecular flexibility index (Phi) is 6.66. The van der Waals surface area contributed by atoms with Crippen molar-refractivity contribution in [3.8, 4) is 0 Å². The Balaban J connectivity index is 1.71. The molecule has 0 bridgehead atoms. The molecule has 0 radical (unpaired) electrons. The highest BCUT2D eigenvalue weighted by molar-refractivity contribution is 7.98. The van der Waals surface area contributed by atoms with Crippen LogP contribution in [0.4, 0.5) is 0 Å². The van der Waals surface area contributed by atoms with Crippen LogP contribution in [0.5, 0.6) is 0 Å². The fourth-order valence-electron chi connectivity index (χ4n) is 5.67. The van der Waals surface area contributed by atoms with Crippen molar-refractivity contribution in [3.05, 3.63) is 28.8 Å². The number of thioether (sulfide) groups is 1. The molecule has 2 N–H and O–H groups in total. The quantitative estimate of drug-likeness (QED) is 0.489. The Morgan fingerprint density at radius 3 is 2.73 bits per heavy atom. The number of nitrogens with zero attached hydrogens (tertiary/aromatic N) is 2. The lowest BCUT2D eigenvalue weighted by atomic mass is 9.73. The van der Waals surface area contributed by atoms with E-state index in [1.165, 1.54) is 27.9 Å². The number of likely N-dealkylation sites (tertiary alicyclic amines) is 1. The van der Waals surface area contributed by atoms with Gasteiger partial charge in [0.25, 0.3) is 0 Å². The minimum absolute atomic E-state index is 0.405. The number of piperidine rings is 1. The molecule has 4 rings (SSSR count). The highest BCUT2D eigenvalue weighted by Gasteiger charge is 2.41. The maximum Gasteiger partial charge on any atom is 0.169 e. The maximum absolute atomic E-state index is 5.76. The standard InChI is InChI=1S/C24H36N4S2/c1-6-9-28-14-16(25-24(29)27(7-2)8-3)12-17-18-10-15(4)11-20-22(18)19(13-21(17)28)23(26-20)30-5/h10-11,16-17,21,26H,6-9,12-14H2,1-5H3,(H,25,29)/t16-,17?,21+/m0/s1. The third-order valence-corrected chi connectivity index (χ3v) is 8.10. The Hall–Kier alpha value is -1.24. The molecule has 6 heteroatoms. The van der Waals surface area contributed by atoms with Crippen LogP contribution in [0.25, 0.3) is 10.9 Å². The van der Waals surface area contributed by atoms with Crippen LogP contribution in [0.1, 0.15) is 56.2 Å². The van der Waals surface area contributed by atoms with E-state index in [1.54, 1.807) is 11.1 Å². The molecule has 0 saturated carbocycles. The number of benzene rings is 1. The van der Waals surface area contributed by atoms with Crippen molar-refractivity contribution in [1.82, 2.24) is 20.1 Å². The molecule has 1 aliphatic heterocycles. The minimum atomic E-state index is 0.405. The first-order valence-electron chi connectivity index (χ1n) is 11.5. The van der Waals surface area contributed by atoms with E-state index in [4.69, 9.17) is 12.2 Å². The van der Waals surface area contributed by atoms with Gasteiger partial charge < -0.3 is 15.2 Å². The molecule has 0 spiro atoms. The van der Waals surface area contributed by atoms with Crippen molar-refractivity contribution in [1.29, 1.82) is 0 Å². The van der Waals surface area contributed by atoms with Crippen molar-refractivity contribution >= 4 is 40.0 Å². The monoisotopic (exact) mass is 444 g/mol. The number of nitrogens with one attached hydrogen (secondary N) is 2. The number of fused-ring (bicyclic) bond motifs is 2. The molecule has 1 aliphatic carbocycles. The van der Waals surface area contributed by atoms with Crippen LogP contribution in [0, 0.1) is 6.92 Å². The Labute approximate surface area is 191 Å². The van der Waals surface area contributed by atoms with E-state index in [0.717, 1.165) is 44.1 Å². The Morgan fingerprint density at radius 1 is 1.30 bits per heavy atom. The molecule has 1 saturated heterocycles. The predicted octanol–water partition coefficient (Wildman–Crippen LogP) is 4.91. The smallest absolute Gasteiger partial charge is 0.169 e. The number of aryl methyl sites for hydroxylation is 1. The summed E-state index contributed by atoms with van der Waals surface area (Å²) in [7, 11) is 0. The zero-order valence-corrected chi connectivity index (χ0v) is 20.7. The lowest BCUT2D eigenvalue weighted by Crippen LogP contribution is -2.57. The summed E-state index contributed by atoms with van der Waals surface area (Å²) in [4.78, 5) is 8.72. The number of aromatic nitrogens is 1. The van der Waals surface area contributed by atoms with Crippen molar-refractivity contribution in [2.75, 3.05) is 32.4 Å². The summed E-state index contributed by atoms with van der Waals surface area (Å²) in [6, 6.07) is 5.77. The van der Waals surface area contributed by atoms with Crippen LogP contribution >= 0.6 is 24.0 Å². The van der Waals surface area contributed by atoms with Gasteiger partial charge in [-0.1, -0.05) is 13.0 Å². The summed E-state index contributed by atoms with van der Waals surface area (Å²) in [6.07, 6.45) is 5.70. The predicted molar refractivity (Wildman–Crippen MR) is 134 cm³/mol. The van der Waals surface area contributed by atoms with E-state index in [2.05, 4.69) is 66.2 Å². The normalized spacial score (nSPS) is 23.4. The lowest BCUT2D eigenvalue weighted by molar-refractivity contribution is 0.103. The molecule has 1 aromatic carbocycles. The summed E-state index contributed by atoms with van der Waals surface area (Å²) in [5.41, 5.74) is 5.77. The number of hydrogen-bond donors (Lipinski definition) is 2. The summed E-state index contributed by atoms with van der Waals surface area (Å²) in [6.45, 7) is 13.1. The van der Waals surface area contributed by atoms with Crippen LogP contribution < -0.4 is 5.32 Å². The molecule has 1 fully saturated rings. The van der Waals surface area contributed by atoms with E-state index >= 15 is 0 Å². The number of aromatic amines is 1. The summed E-state index contributed by atoms with van der Waals surface area (Å²) < 4.78 is 0. The molecular formula is C24H36N4S2. The van der Waals surface area contributed by atoms with Crippen LogP contribution in [0.15, 0.2) is 17.2 Å². The van der Waals surface area contributed by atoms with Crippen LogP contribution in [-0.4, -0.2) is 64.4 Å². The first kappa shape index (κ1) is 22.0. The zero-order valence-electron chi connectivity index (χ0n) is 19.0. The van der Waals surface area contributed by atoms with Crippen molar-refractivity contribution < 1.29 is 0 Å². The van der Waals surface area contributed by atoms with Crippen LogP contribution in [0.2, 0.25) is 0 Å². The van der Waals surface area contributed by atoms with E-state index < -0.39 is 0 Å². The van der Waals surface area contributed by atoms with E-state index in [9.17, 15) is 0 Å². The molecule has 2 aliphatic rings. The van der Waals surface area contributed by atoms with Gasteiger partial charge in [0.15, 0.2) is 5.11 Å². The molecule has 0 amide bonds. The second-order valence-electron chi connectivity index (χ2n) is 8.84. The van der Waals surface area contributed by atoms with Gasteiger partial charge in [0, 0.05) is 48.5 Å². The highest BCUT2D eigenvalue weighted by atomic mass is 32.2. The van der Waals surface area contributed by atoms with Crippen molar-refractivity contribution in [2.24, 2.45) is 0 Å². The van der Waals surface area contributed by atoms with Gasteiger partial charge in [-0.25, -0.2) is 0 Å². The molecule has 30 heavy (non-hydrogen) atoms. The largest absolute Gasteiger partial charge is 0.359 e. The van der Waals surface area contributed by atoms with Gasteiger partial charge >= 0.3 is 0 Å². The molecule has 2 aromatic rings. The average molecular weight is 445 g/mol. The summed E-state index contributed by atoms with van der Waals surface area (Å²) >= 11 is 7.62. The molecule has 4 nitrogen and oxygen atoms in total. The molecule has 3 atom stereocenters. The van der Waals surface area contributed by atoms with Gasteiger partial charge in [0.2, 0.25) is 0 Å². The Bertz CT molecular complexity index is 918. The van der Waals surface area contributed by atoms with Gasteiger partial charge in [-0.3, -0.25) is 4.90 Å². The number of hydrogen-bond acceptors (Lipinski definition) is 3. The Morgan fingerprint density at radius 2 is 2.07 bits per heavy atom. The number of rotatable bonds is 6. The van der Waals surface area contributed by atoms with Crippen molar-refractivity contribution in [3.63, 3.8) is 0 Å². The number of thiocarbonyl (C=S) groups is 1. The SMILES string of the molecule is CCCN1C[C@@H](NC(=S)N(CC)CC)CC2c3cc(C)cc4[nH]c(SC)c(c34)C[C@H]21. The average Bonchev–Trinajstić information content (AvgIpc) is 3.07. The topological polar surface area (TPSA) is 34.3 Å². The van der Waals surface area contributed by atoms with Gasteiger partial charge in [-0.05, 0) is 87.8 Å². The van der Waals surface area contributed by atoms with E-state index in [-0.39, 0.29) is 0 Å². The van der Waals surface area contributed by atoms with Crippen LogP contribution in [0.3, 0.4) is 0 Å². The molecule has 1 unspecified atom stereocenters. The summed E-state index contributed by atoms with van der Waals surface area (Å²) in [5.74, 6) is 0.558. The lowest BCUT2D eigenvalue weighted by Gasteiger charge is -2.48. The third kappa shape index (κ3) is 3.87. The maximum atomic E-state index is 5.76. The second-order valence-corrected chi connectivity index (χ2v) is 10.0. The first-order chi connectivity index (χ1) is 14.5. The van der Waals surface area contributed by atoms with Gasteiger partial charge in [-0.2, -0.15) is 0 Å². The summed E-state index contributed by atoms with van der Waals surface area (Å²) in [5, 5.41) is 7.50. The van der Waals surface area contributed by atoms with Gasteiger partial charge in [-0.15, -0.1) is 11.8 Å². The minimum Gasteiger partial charge on any atom is -0.359 e. The highest BCUT2D eigenvalue weighted by Crippen LogP contribution is 2.46. The third-order valence-electron chi connectivity index (χ3n) is 6.97. The van der Waals surface area contributed by atoms with Gasteiger partial charge in [0.05, 0.1) is 5.03 Å². The van der Waals surface area contributed by atoms with E-state index in [0.29, 0.717) is 18.0 Å². The fraction of sp³-hybridized carbons (Fsp3) is 0.625. The molecule has 1 aromatic heterocycles. The van der Waals surface area contributed by atoms with Gasteiger partial charge in [0.1, 0.15) is 0 Å². The first-order valence-corrected chi connectivity index (χ1v) is 13.1. The van der Waals surface area contributed by atoms with E-state index in [1.807, 2.05) is 11.8 Å².